The summed E-state index contributed by atoms with van der Waals surface area (Å²) in [5.41, 5.74) is 5.38. The van der Waals surface area contributed by atoms with E-state index in [0.29, 0.717) is 6.32 Å². The van der Waals surface area contributed by atoms with Crippen LogP contribution in [0.2, 0.25) is 6.32 Å². The molecule has 0 unspecified atom stereocenters. The second kappa shape index (κ2) is 6.48. The van der Waals surface area contributed by atoms with Gasteiger partial charge in [-0.05, 0) is 6.32 Å². The van der Waals surface area contributed by atoms with E-state index in [4.69, 9.17) is 7.85 Å². The molecule has 0 aliphatic carbocycles. The first-order chi connectivity index (χ1) is 3.91. The zero-order valence-electron chi connectivity index (χ0n) is 4.44. The number of hydrogen-bond donors (Lipinski definition) is 0. The van der Waals surface area contributed by atoms with Crippen LogP contribution in [0.15, 0.2) is 0 Å². The second-order valence-electron chi connectivity index (χ2n) is 0.893. The lowest BCUT2D eigenvalue weighted by Crippen LogP contribution is -1.53. The first-order valence-electron chi connectivity index (χ1n) is 2.06. The predicted octanol–water partition coefficient (Wildman–Crippen LogP) is 1.28. The summed E-state index contributed by atoms with van der Waals surface area (Å²) in [5.74, 6) is 5.14. The molecule has 0 fully saturated rings. The van der Waals surface area contributed by atoms with Crippen molar-refractivity contribution in [2.75, 3.05) is 0 Å². The molecule has 0 saturated carbocycles. The SMILES string of the molecule is [B]CC#C[P-]C#C[CH2-]. The Morgan fingerprint density at radius 3 is 2.75 bits per heavy atom. The normalized spacial score (nSPS) is 7.00. The molecule has 0 heterocycles. The van der Waals surface area contributed by atoms with E-state index in [1.165, 1.54) is 0 Å². The van der Waals surface area contributed by atoms with Crippen LogP contribution in [0.3, 0.4) is 0 Å². The summed E-state index contributed by atoms with van der Waals surface area (Å²) in [4.78, 5) is 0. The van der Waals surface area contributed by atoms with E-state index >= 15 is 0 Å². The summed E-state index contributed by atoms with van der Waals surface area (Å²) in [6.45, 7) is 3.32. The molecule has 2 heteroatoms. The van der Waals surface area contributed by atoms with Crippen LogP contribution in [0.1, 0.15) is 0 Å². The van der Waals surface area contributed by atoms with E-state index in [-0.39, 0.29) is 0 Å². The van der Waals surface area contributed by atoms with Gasteiger partial charge in [0.15, 0.2) is 0 Å². The van der Waals surface area contributed by atoms with Crippen molar-refractivity contribution >= 4 is 16.4 Å². The summed E-state index contributed by atoms with van der Waals surface area (Å²) >= 11 is 0. The lowest BCUT2D eigenvalue weighted by molar-refractivity contribution is 1.88. The van der Waals surface area contributed by atoms with Crippen LogP contribution in [-0.4, -0.2) is 7.85 Å². The summed E-state index contributed by atoms with van der Waals surface area (Å²) in [6.07, 6.45) is 0.409. The van der Waals surface area contributed by atoms with Crippen molar-refractivity contribution in [3.05, 3.63) is 6.92 Å². The molecule has 0 amide bonds. The zero-order chi connectivity index (χ0) is 6.24. The molecule has 0 saturated heterocycles. The fourth-order valence-electron chi connectivity index (χ4n) is 0.153. The molecule has 0 aromatic carbocycles. The van der Waals surface area contributed by atoms with Crippen LogP contribution >= 0.6 is 8.58 Å². The van der Waals surface area contributed by atoms with Crippen LogP contribution in [0.5, 0.6) is 0 Å². The van der Waals surface area contributed by atoms with Crippen LogP contribution in [0.4, 0.5) is 0 Å². The summed E-state index contributed by atoms with van der Waals surface area (Å²) < 4.78 is 0. The Bertz CT molecular complexity index is 153. The molecule has 0 nitrogen and oxygen atoms in total. The fourth-order valence-corrected chi connectivity index (χ4v) is 0.458. The third kappa shape index (κ3) is 5.48. The molecule has 0 aromatic heterocycles. The smallest absolute Gasteiger partial charge is 0.0826 e. The minimum absolute atomic E-state index is 0.409. The summed E-state index contributed by atoms with van der Waals surface area (Å²) in [6, 6.07) is 0. The lowest BCUT2D eigenvalue weighted by atomic mass is 10.1. The van der Waals surface area contributed by atoms with Gasteiger partial charge in [-0.1, -0.05) is 0 Å². The van der Waals surface area contributed by atoms with Crippen molar-refractivity contribution in [1.82, 2.24) is 0 Å². The molecule has 0 aliphatic rings. The molecule has 0 rings (SSSR count). The number of rotatable bonds is 0. The maximum atomic E-state index is 5.07. The first-order valence-corrected chi connectivity index (χ1v) is 2.96. The molecule has 0 aromatic rings. The third-order valence-corrected chi connectivity index (χ3v) is 0.912. The average molecular weight is 118 g/mol. The molecule has 8 heavy (non-hydrogen) atoms. The van der Waals surface area contributed by atoms with Gasteiger partial charge in [0.1, 0.15) is 0 Å². The van der Waals surface area contributed by atoms with Crippen molar-refractivity contribution in [3.8, 4) is 23.2 Å². The van der Waals surface area contributed by atoms with Gasteiger partial charge < -0.3 is 25.8 Å². The van der Waals surface area contributed by atoms with E-state index in [1.54, 1.807) is 0 Å². The lowest BCUT2D eigenvalue weighted by Gasteiger charge is -2.02. The standard InChI is InChI=1S/C6H4BP/c1-2-5-8-6-3-4-7/h1,4H2/q-2. The van der Waals surface area contributed by atoms with Gasteiger partial charge in [-0.3, -0.25) is 0 Å². The van der Waals surface area contributed by atoms with Crippen LogP contribution in [-0.2, 0) is 0 Å². The Morgan fingerprint density at radius 1 is 1.50 bits per heavy atom. The Hall–Kier alpha value is -0.515. The quantitative estimate of drug-likeness (QED) is 0.194. The highest BCUT2D eigenvalue weighted by Crippen LogP contribution is 2.00. The van der Waals surface area contributed by atoms with Crippen LogP contribution in [0.25, 0.3) is 0 Å². The maximum absolute atomic E-state index is 5.07. The van der Waals surface area contributed by atoms with E-state index in [1.807, 2.05) is 0 Å². The van der Waals surface area contributed by atoms with Crippen molar-refractivity contribution in [2.45, 2.75) is 6.32 Å². The van der Waals surface area contributed by atoms with Crippen LogP contribution < -0.4 is 0 Å². The molecule has 0 atom stereocenters. The van der Waals surface area contributed by atoms with Gasteiger partial charge in [0.25, 0.3) is 0 Å². The van der Waals surface area contributed by atoms with E-state index in [2.05, 4.69) is 30.1 Å². The minimum atomic E-state index is 0.409. The van der Waals surface area contributed by atoms with E-state index in [0.717, 1.165) is 8.58 Å². The van der Waals surface area contributed by atoms with Crippen molar-refractivity contribution in [3.63, 3.8) is 0 Å². The average Bonchev–Trinajstić information content (AvgIpc) is 1.81. The van der Waals surface area contributed by atoms with E-state index < -0.39 is 0 Å². The predicted molar refractivity (Wildman–Crippen MR) is 38.4 cm³/mol. The third-order valence-electron chi connectivity index (χ3n) is 0.372. The highest BCUT2D eigenvalue weighted by molar-refractivity contribution is 7.49. The van der Waals surface area contributed by atoms with Crippen LogP contribution in [0, 0.1) is 30.1 Å². The maximum Gasteiger partial charge on any atom is 0.0826 e. The molecular formula is C6H4BP-2. The molecule has 0 aliphatic heterocycles. The highest BCUT2D eigenvalue weighted by Gasteiger charge is 1.47. The van der Waals surface area contributed by atoms with Gasteiger partial charge in [-0.15, -0.1) is 5.92 Å². The molecule has 38 valence electrons. The highest BCUT2D eigenvalue weighted by atomic mass is 31.1. The Labute approximate surface area is 53.6 Å². The van der Waals surface area contributed by atoms with Gasteiger partial charge in [0, 0.05) is 0 Å². The van der Waals surface area contributed by atoms with E-state index in [9.17, 15) is 0 Å². The van der Waals surface area contributed by atoms with Gasteiger partial charge in [-0.2, -0.15) is 0 Å². The molecule has 0 N–H and O–H groups in total. The monoisotopic (exact) mass is 118 g/mol. The molecule has 2 radical (unpaired) electrons. The van der Waals surface area contributed by atoms with Crippen molar-refractivity contribution < 1.29 is 0 Å². The second-order valence-corrected chi connectivity index (χ2v) is 1.56. The zero-order valence-corrected chi connectivity index (χ0v) is 5.33. The Morgan fingerprint density at radius 2 is 2.25 bits per heavy atom. The van der Waals surface area contributed by atoms with Gasteiger partial charge in [0.05, 0.1) is 7.85 Å². The topological polar surface area (TPSA) is 0 Å². The summed E-state index contributed by atoms with van der Waals surface area (Å²) in [7, 11) is 5.86. The first kappa shape index (κ1) is 7.48. The minimum Gasteiger partial charge on any atom is -0.503 e. The number of hydrogen-bond acceptors (Lipinski definition) is 0. The fraction of sp³-hybridized carbons (Fsp3) is 0.167. The Kier molecular flexibility index (Phi) is 6.07. The molecule has 0 spiro atoms. The molecule has 0 bridgehead atoms. The summed E-state index contributed by atoms with van der Waals surface area (Å²) in [5, 5.41) is 0. The molecular weight excluding hydrogens is 114 g/mol. The largest absolute Gasteiger partial charge is 0.503 e. The van der Waals surface area contributed by atoms with Gasteiger partial charge in [-0.25, -0.2) is 6.92 Å². The van der Waals surface area contributed by atoms with Gasteiger partial charge in [0.2, 0.25) is 0 Å². The Balaban J connectivity index is 3.24. The van der Waals surface area contributed by atoms with Crippen molar-refractivity contribution in [2.24, 2.45) is 0 Å². The van der Waals surface area contributed by atoms with Crippen molar-refractivity contribution in [1.29, 1.82) is 0 Å². The van der Waals surface area contributed by atoms with Gasteiger partial charge >= 0.3 is 0 Å².